The summed E-state index contributed by atoms with van der Waals surface area (Å²) in [7, 11) is -0.598. The zero-order valence-electron chi connectivity index (χ0n) is 14.7. The summed E-state index contributed by atoms with van der Waals surface area (Å²) >= 11 is 0. The topological polar surface area (TPSA) is 74.4 Å². The van der Waals surface area contributed by atoms with Gasteiger partial charge in [0.2, 0.25) is 5.91 Å². The molecule has 0 radical (unpaired) electrons. The lowest BCUT2D eigenvalue weighted by atomic mass is 9.77. The summed E-state index contributed by atoms with van der Waals surface area (Å²) in [6, 6.07) is 7.53. The van der Waals surface area contributed by atoms with Gasteiger partial charge in [-0.15, -0.1) is 0 Å². The molecule has 1 saturated heterocycles. The number of halogens is 1. The number of pyridine rings is 1. The van der Waals surface area contributed by atoms with Crippen LogP contribution < -0.4 is 11.2 Å². The van der Waals surface area contributed by atoms with Crippen molar-refractivity contribution >= 4 is 18.5 Å². The molecule has 130 valence electrons. The fraction of sp³-hybridized carbons (Fsp3) is 0.333. The molecule has 0 bridgehead atoms. The summed E-state index contributed by atoms with van der Waals surface area (Å²) in [5.74, 6) is -1.05. The van der Waals surface area contributed by atoms with Crippen LogP contribution in [0.3, 0.4) is 0 Å². The second-order valence-electron chi connectivity index (χ2n) is 7.12. The molecule has 1 aromatic heterocycles. The van der Waals surface area contributed by atoms with Gasteiger partial charge < -0.3 is 15.0 Å². The molecule has 0 saturated carbocycles. The number of carbonyl (C=O) groups is 1. The van der Waals surface area contributed by atoms with Gasteiger partial charge in [0.25, 0.3) is 0 Å². The van der Waals surface area contributed by atoms with Crippen LogP contribution in [-0.2, 0) is 9.31 Å². The number of hydrogen-bond acceptors (Lipinski definition) is 4. The summed E-state index contributed by atoms with van der Waals surface area (Å²) in [4.78, 5) is 15.9. The Bertz CT molecular complexity index is 823. The molecule has 25 heavy (non-hydrogen) atoms. The third-order valence-corrected chi connectivity index (χ3v) is 4.83. The molecule has 3 rings (SSSR count). The Morgan fingerprint density at radius 1 is 1.12 bits per heavy atom. The van der Waals surface area contributed by atoms with E-state index in [1.165, 1.54) is 18.3 Å². The molecule has 0 atom stereocenters. The molecule has 1 aliphatic heterocycles. The van der Waals surface area contributed by atoms with Gasteiger partial charge in [-0.05, 0) is 45.3 Å². The SMILES string of the molecule is CC1(C)OB(c2ccc(C(N)=O)c(-c3cc(F)ccn3)c2)OC1(C)C. The summed E-state index contributed by atoms with van der Waals surface area (Å²) in [6.45, 7) is 7.83. The molecule has 2 heterocycles. The number of carbonyl (C=O) groups excluding carboxylic acids is 1. The summed E-state index contributed by atoms with van der Waals surface area (Å²) in [5, 5.41) is 0. The van der Waals surface area contributed by atoms with Crippen LogP contribution in [0.25, 0.3) is 11.3 Å². The third kappa shape index (κ3) is 3.17. The van der Waals surface area contributed by atoms with E-state index in [0.29, 0.717) is 16.7 Å². The first kappa shape index (κ1) is 17.6. The normalized spacial score (nSPS) is 18.4. The average molecular weight is 342 g/mol. The summed E-state index contributed by atoms with van der Waals surface area (Å²) in [5.41, 5.74) is 6.22. The van der Waals surface area contributed by atoms with E-state index in [1.54, 1.807) is 18.2 Å². The summed E-state index contributed by atoms with van der Waals surface area (Å²) in [6.07, 6.45) is 1.34. The number of aromatic nitrogens is 1. The molecule has 0 aliphatic carbocycles. The first-order valence-electron chi connectivity index (χ1n) is 8.02. The first-order chi connectivity index (χ1) is 11.6. The van der Waals surface area contributed by atoms with Gasteiger partial charge in [0, 0.05) is 23.4 Å². The van der Waals surface area contributed by atoms with Crippen LogP contribution in [-0.4, -0.2) is 29.2 Å². The van der Waals surface area contributed by atoms with Crippen LogP contribution >= 0.6 is 0 Å². The number of nitrogens with two attached hydrogens (primary N) is 1. The van der Waals surface area contributed by atoms with Crippen LogP contribution in [0.1, 0.15) is 38.1 Å². The number of primary amides is 1. The lowest BCUT2D eigenvalue weighted by Gasteiger charge is -2.32. The van der Waals surface area contributed by atoms with E-state index < -0.39 is 30.0 Å². The average Bonchev–Trinajstić information content (AvgIpc) is 2.75. The number of nitrogens with zero attached hydrogens (tertiary/aromatic N) is 1. The van der Waals surface area contributed by atoms with E-state index in [0.717, 1.165) is 0 Å². The minimum Gasteiger partial charge on any atom is -0.399 e. The van der Waals surface area contributed by atoms with E-state index >= 15 is 0 Å². The molecule has 1 amide bonds. The van der Waals surface area contributed by atoms with Crippen molar-refractivity contribution in [2.75, 3.05) is 0 Å². The molecule has 2 N–H and O–H groups in total. The number of hydrogen-bond donors (Lipinski definition) is 1. The Labute approximate surface area is 146 Å². The second kappa shape index (κ2) is 5.93. The van der Waals surface area contributed by atoms with Gasteiger partial charge >= 0.3 is 7.12 Å². The highest BCUT2D eigenvalue weighted by Crippen LogP contribution is 2.36. The van der Waals surface area contributed by atoms with E-state index in [4.69, 9.17) is 15.0 Å². The monoisotopic (exact) mass is 342 g/mol. The van der Waals surface area contributed by atoms with Crippen molar-refractivity contribution in [1.29, 1.82) is 0 Å². The Morgan fingerprint density at radius 2 is 1.76 bits per heavy atom. The molecular weight excluding hydrogens is 322 g/mol. The van der Waals surface area contributed by atoms with Crippen LogP contribution in [0.4, 0.5) is 4.39 Å². The van der Waals surface area contributed by atoms with Gasteiger partial charge in [-0.3, -0.25) is 9.78 Å². The van der Waals surface area contributed by atoms with Gasteiger partial charge in [-0.2, -0.15) is 0 Å². The minimum absolute atomic E-state index is 0.262. The highest BCUT2D eigenvalue weighted by molar-refractivity contribution is 6.62. The lowest BCUT2D eigenvalue weighted by molar-refractivity contribution is 0.00578. The van der Waals surface area contributed by atoms with Crippen LogP contribution in [0.2, 0.25) is 0 Å². The maximum atomic E-state index is 13.6. The van der Waals surface area contributed by atoms with Gasteiger partial charge in [0.1, 0.15) is 5.82 Å². The standard InChI is InChI=1S/C18H20BFN2O3/c1-17(2)18(3,4)25-19(24-17)11-5-6-13(16(21)23)14(9-11)15-10-12(20)7-8-22-15/h5-10H,1-4H3,(H2,21,23). The number of rotatable bonds is 3. The summed E-state index contributed by atoms with van der Waals surface area (Å²) < 4.78 is 25.6. The lowest BCUT2D eigenvalue weighted by Crippen LogP contribution is -2.41. The molecule has 1 fully saturated rings. The van der Waals surface area contributed by atoms with Crippen molar-refractivity contribution in [2.24, 2.45) is 5.73 Å². The van der Waals surface area contributed by atoms with E-state index in [-0.39, 0.29) is 5.56 Å². The Balaban J connectivity index is 2.07. The largest absolute Gasteiger partial charge is 0.494 e. The van der Waals surface area contributed by atoms with Crippen molar-refractivity contribution in [3.8, 4) is 11.3 Å². The van der Waals surface area contributed by atoms with Gasteiger partial charge in [0.15, 0.2) is 0 Å². The van der Waals surface area contributed by atoms with Gasteiger partial charge in [-0.1, -0.05) is 12.1 Å². The second-order valence-corrected chi connectivity index (χ2v) is 7.12. The molecule has 2 aromatic rings. The Morgan fingerprint density at radius 3 is 2.32 bits per heavy atom. The van der Waals surface area contributed by atoms with Gasteiger partial charge in [-0.25, -0.2) is 4.39 Å². The molecular formula is C18H20BFN2O3. The quantitative estimate of drug-likeness (QED) is 0.869. The zero-order valence-corrected chi connectivity index (χ0v) is 14.7. The van der Waals surface area contributed by atoms with Crippen molar-refractivity contribution in [3.63, 3.8) is 0 Å². The minimum atomic E-state index is -0.610. The Kier molecular flexibility index (Phi) is 4.17. The van der Waals surface area contributed by atoms with Crippen LogP contribution in [0.15, 0.2) is 36.5 Å². The predicted molar refractivity (Wildman–Crippen MR) is 93.9 cm³/mol. The highest BCUT2D eigenvalue weighted by atomic mass is 19.1. The van der Waals surface area contributed by atoms with E-state index in [1.807, 2.05) is 27.7 Å². The highest BCUT2D eigenvalue weighted by Gasteiger charge is 2.51. The fourth-order valence-electron chi connectivity index (χ4n) is 2.67. The van der Waals surface area contributed by atoms with Gasteiger partial charge in [0.05, 0.1) is 16.9 Å². The van der Waals surface area contributed by atoms with Crippen molar-refractivity contribution in [2.45, 2.75) is 38.9 Å². The smallest absolute Gasteiger partial charge is 0.399 e. The van der Waals surface area contributed by atoms with Crippen LogP contribution in [0.5, 0.6) is 0 Å². The molecule has 7 heteroatoms. The zero-order chi connectivity index (χ0) is 18.4. The molecule has 5 nitrogen and oxygen atoms in total. The van der Waals surface area contributed by atoms with E-state index in [9.17, 15) is 9.18 Å². The number of benzene rings is 1. The third-order valence-electron chi connectivity index (χ3n) is 4.83. The van der Waals surface area contributed by atoms with Crippen molar-refractivity contribution in [3.05, 3.63) is 47.9 Å². The molecule has 1 aromatic carbocycles. The maximum Gasteiger partial charge on any atom is 0.494 e. The van der Waals surface area contributed by atoms with Crippen molar-refractivity contribution < 1.29 is 18.5 Å². The Hall–Kier alpha value is -2.25. The van der Waals surface area contributed by atoms with Crippen molar-refractivity contribution in [1.82, 2.24) is 4.98 Å². The molecule has 0 unspecified atom stereocenters. The fourth-order valence-corrected chi connectivity index (χ4v) is 2.67. The molecule has 0 spiro atoms. The van der Waals surface area contributed by atoms with Crippen LogP contribution in [0, 0.1) is 5.82 Å². The molecule has 1 aliphatic rings. The first-order valence-corrected chi connectivity index (χ1v) is 8.02. The maximum absolute atomic E-state index is 13.6. The predicted octanol–water partition coefficient (Wildman–Crippen LogP) is 2.29. The van der Waals surface area contributed by atoms with E-state index in [2.05, 4.69) is 4.98 Å². The number of amides is 1.